The molecule has 2 rings (SSSR count). The molecular weight excluding hydrogens is 194 g/mol. The molecule has 0 amide bonds. The van der Waals surface area contributed by atoms with Crippen molar-refractivity contribution >= 4 is 17.3 Å². The Balaban J connectivity index is 2.02. The second-order valence-corrected chi connectivity index (χ2v) is 4.04. The monoisotopic (exact) mass is 207 g/mol. The molecule has 74 valence electrons. The fourth-order valence-corrected chi connectivity index (χ4v) is 2.14. The van der Waals surface area contributed by atoms with Crippen molar-refractivity contribution in [1.29, 1.82) is 0 Å². The van der Waals surface area contributed by atoms with Gasteiger partial charge < -0.3 is 9.88 Å². The predicted octanol–water partition coefficient (Wildman–Crippen LogP) is 2.40. The molecule has 3 nitrogen and oxygen atoms in total. The summed E-state index contributed by atoms with van der Waals surface area (Å²) in [7, 11) is 1.98. The van der Waals surface area contributed by atoms with Crippen LogP contribution in [0, 0.1) is 6.92 Å². The molecule has 0 atom stereocenters. The molecule has 4 heteroatoms. The van der Waals surface area contributed by atoms with Crippen LogP contribution < -0.4 is 5.32 Å². The van der Waals surface area contributed by atoms with Crippen LogP contribution in [-0.2, 0) is 13.6 Å². The van der Waals surface area contributed by atoms with Gasteiger partial charge in [0.1, 0.15) is 0 Å². The number of hydrogen-bond acceptors (Lipinski definition) is 3. The van der Waals surface area contributed by atoms with E-state index in [2.05, 4.69) is 28.0 Å². The van der Waals surface area contributed by atoms with E-state index in [1.807, 2.05) is 17.8 Å². The first kappa shape index (κ1) is 9.27. The Morgan fingerprint density at radius 3 is 2.93 bits per heavy atom. The number of nitrogens with one attached hydrogen (secondary N) is 1. The third-order valence-electron chi connectivity index (χ3n) is 2.22. The summed E-state index contributed by atoms with van der Waals surface area (Å²) in [6.07, 6.45) is 3.73. The second kappa shape index (κ2) is 3.84. The van der Waals surface area contributed by atoms with Gasteiger partial charge in [-0.2, -0.15) is 11.3 Å². The fourth-order valence-electron chi connectivity index (χ4n) is 1.28. The molecule has 14 heavy (non-hydrogen) atoms. The van der Waals surface area contributed by atoms with Gasteiger partial charge in [0, 0.05) is 26.0 Å². The molecular formula is C10H13N3S. The van der Waals surface area contributed by atoms with Gasteiger partial charge in [-0.15, -0.1) is 0 Å². The first-order valence-corrected chi connectivity index (χ1v) is 5.44. The van der Waals surface area contributed by atoms with Gasteiger partial charge in [-0.3, -0.25) is 0 Å². The molecule has 0 spiro atoms. The molecule has 0 fully saturated rings. The predicted molar refractivity (Wildman–Crippen MR) is 59.6 cm³/mol. The lowest BCUT2D eigenvalue weighted by Gasteiger charge is -2.05. The van der Waals surface area contributed by atoms with Crippen molar-refractivity contribution in [2.75, 3.05) is 5.32 Å². The summed E-state index contributed by atoms with van der Waals surface area (Å²) in [5, 5.41) is 7.63. The number of hydrogen-bond donors (Lipinski definition) is 1. The van der Waals surface area contributed by atoms with E-state index < -0.39 is 0 Å². The molecule has 1 N–H and O–H groups in total. The van der Waals surface area contributed by atoms with Crippen molar-refractivity contribution in [2.24, 2.45) is 7.05 Å². The Morgan fingerprint density at radius 2 is 2.36 bits per heavy atom. The van der Waals surface area contributed by atoms with E-state index in [-0.39, 0.29) is 0 Å². The molecule has 0 aromatic carbocycles. The summed E-state index contributed by atoms with van der Waals surface area (Å²) in [5.41, 5.74) is 2.69. The number of aromatic nitrogens is 2. The number of anilines is 1. The van der Waals surface area contributed by atoms with Crippen molar-refractivity contribution in [3.05, 3.63) is 34.3 Å². The highest BCUT2D eigenvalue weighted by atomic mass is 32.1. The van der Waals surface area contributed by atoms with Crippen LogP contribution in [0.25, 0.3) is 0 Å². The summed E-state index contributed by atoms with van der Waals surface area (Å²) >= 11 is 1.74. The van der Waals surface area contributed by atoms with Crippen molar-refractivity contribution in [3.63, 3.8) is 0 Å². The summed E-state index contributed by atoms with van der Waals surface area (Å²) < 4.78 is 1.97. The average molecular weight is 207 g/mol. The lowest BCUT2D eigenvalue weighted by Crippen LogP contribution is -2.04. The zero-order valence-electron chi connectivity index (χ0n) is 8.32. The smallest absolute Gasteiger partial charge is 0.202 e. The highest BCUT2D eigenvalue weighted by molar-refractivity contribution is 7.08. The van der Waals surface area contributed by atoms with Gasteiger partial charge in [-0.05, 0) is 28.8 Å². The van der Waals surface area contributed by atoms with E-state index in [4.69, 9.17) is 0 Å². The van der Waals surface area contributed by atoms with Crippen LogP contribution in [0.1, 0.15) is 11.1 Å². The van der Waals surface area contributed by atoms with Gasteiger partial charge in [-0.25, -0.2) is 4.98 Å². The van der Waals surface area contributed by atoms with Crippen molar-refractivity contribution in [1.82, 2.24) is 9.55 Å². The highest BCUT2D eigenvalue weighted by Gasteiger charge is 2.01. The van der Waals surface area contributed by atoms with Gasteiger partial charge in [0.25, 0.3) is 0 Å². The average Bonchev–Trinajstić information content (AvgIpc) is 2.72. The molecule has 2 aromatic heterocycles. The molecule has 0 saturated heterocycles. The quantitative estimate of drug-likeness (QED) is 0.837. The largest absolute Gasteiger partial charge is 0.352 e. The van der Waals surface area contributed by atoms with E-state index in [0.29, 0.717) is 0 Å². The zero-order chi connectivity index (χ0) is 9.97. The van der Waals surface area contributed by atoms with Crippen LogP contribution in [0.5, 0.6) is 0 Å². The third kappa shape index (κ3) is 1.80. The van der Waals surface area contributed by atoms with Gasteiger partial charge in [0.05, 0.1) is 0 Å². The first-order chi connectivity index (χ1) is 6.77. The van der Waals surface area contributed by atoms with Crippen LogP contribution in [0.4, 0.5) is 5.95 Å². The van der Waals surface area contributed by atoms with E-state index in [1.165, 1.54) is 11.1 Å². The summed E-state index contributed by atoms with van der Waals surface area (Å²) in [4.78, 5) is 4.20. The second-order valence-electron chi connectivity index (χ2n) is 3.30. The first-order valence-electron chi connectivity index (χ1n) is 4.50. The van der Waals surface area contributed by atoms with Crippen molar-refractivity contribution in [3.8, 4) is 0 Å². The number of imidazole rings is 1. The van der Waals surface area contributed by atoms with Crippen LogP contribution in [0.15, 0.2) is 23.2 Å². The third-order valence-corrected chi connectivity index (χ3v) is 3.13. The Hall–Kier alpha value is -1.29. The molecule has 0 aliphatic rings. The van der Waals surface area contributed by atoms with E-state index in [1.54, 1.807) is 17.5 Å². The van der Waals surface area contributed by atoms with Crippen LogP contribution in [0.2, 0.25) is 0 Å². The highest BCUT2D eigenvalue weighted by Crippen LogP contribution is 2.14. The van der Waals surface area contributed by atoms with E-state index >= 15 is 0 Å². The minimum Gasteiger partial charge on any atom is -0.352 e. The molecule has 0 unspecified atom stereocenters. The molecule has 0 saturated carbocycles. The number of nitrogens with zero attached hydrogens (tertiary/aromatic N) is 2. The maximum Gasteiger partial charge on any atom is 0.202 e. The Kier molecular flexibility index (Phi) is 2.54. The van der Waals surface area contributed by atoms with E-state index in [0.717, 1.165) is 12.5 Å². The molecule has 0 bridgehead atoms. The van der Waals surface area contributed by atoms with Gasteiger partial charge in [-0.1, -0.05) is 0 Å². The summed E-state index contributed by atoms with van der Waals surface area (Å²) in [5.74, 6) is 0.913. The normalized spacial score (nSPS) is 10.4. The van der Waals surface area contributed by atoms with Crippen LogP contribution in [-0.4, -0.2) is 9.55 Å². The van der Waals surface area contributed by atoms with Crippen LogP contribution >= 0.6 is 11.3 Å². The maximum absolute atomic E-state index is 4.20. The summed E-state index contributed by atoms with van der Waals surface area (Å²) in [6, 6.07) is 0. The van der Waals surface area contributed by atoms with Crippen molar-refractivity contribution < 1.29 is 0 Å². The van der Waals surface area contributed by atoms with Gasteiger partial charge in [0.15, 0.2) is 0 Å². The van der Waals surface area contributed by atoms with E-state index in [9.17, 15) is 0 Å². The lowest BCUT2D eigenvalue weighted by atomic mass is 10.2. The standard InChI is InChI=1S/C10H13N3S/c1-8-6-14-7-9(8)5-12-10-11-3-4-13(10)2/h3-4,6-7H,5H2,1-2H3,(H,11,12). The number of aryl methyl sites for hydroxylation is 2. The minimum absolute atomic E-state index is 0.847. The summed E-state index contributed by atoms with van der Waals surface area (Å²) in [6.45, 7) is 2.98. The SMILES string of the molecule is Cc1cscc1CNc1nccn1C. The fraction of sp³-hybridized carbons (Fsp3) is 0.300. The Morgan fingerprint density at radius 1 is 1.50 bits per heavy atom. The topological polar surface area (TPSA) is 29.9 Å². The van der Waals surface area contributed by atoms with Crippen molar-refractivity contribution in [2.45, 2.75) is 13.5 Å². The van der Waals surface area contributed by atoms with Crippen LogP contribution in [0.3, 0.4) is 0 Å². The number of rotatable bonds is 3. The number of thiophene rings is 1. The maximum atomic E-state index is 4.20. The van der Waals surface area contributed by atoms with Gasteiger partial charge >= 0.3 is 0 Å². The van der Waals surface area contributed by atoms with Gasteiger partial charge in [0.2, 0.25) is 5.95 Å². The Bertz CT molecular complexity index is 376. The molecule has 2 aromatic rings. The molecule has 0 aliphatic carbocycles. The molecule has 2 heterocycles. The molecule has 0 aliphatic heterocycles. The minimum atomic E-state index is 0.847. The lowest BCUT2D eigenvalue weighted by molar-refractivity contribution is 0.899. The Labute approximate surface area is 87.4 Å². The molecule has 0 radical (unpaired) electrons. The zero-order valence-corrected chi connectivity index (χ0v) is 9.14.